The number of nitrogens with zero attached hydrogens (tertiary/aromatic N) is 3. The van der Waals surface area contributed by atoms with Crippen molar-refractivity contribution < 1.29 is 14.3 Å². The number of hydrogen-bond acceptors (Lipinski definition) is 3. The van der Waals surface area contributed by atoms with Gasteiger partial charge in [-0.05, 0) is 86.2 Å². The predicted molar refractivity (Wildman–Crippen MR) is 137 cm³/mol. The highest BCUT2D eigenvalue weighted by Gasteiger charge is 2.42. The van der Waals surface area contributed by atoms with Crippen molar-refractivity contribution in [3.05, 3.63) is 113 Å². The zero-order valence-electron chi connectivity index (χ0n) is 19.1. The Bertz CT molecular complexity index is 1420. The molecule has 8 heteroatoms. The van der Waals surface area contributed by atoms with E-state index in [2.05, 4.69) is 16.4 Å². The summed E-state index contributed by atoms with van der Waals surface area (Å²) in [5.74, 6) is -1.31. The van der Waals surface area contributed by atoms with Crippen LogP contribution in [0.1, 0.15) is 45.1 Å². The molecule has 4 aromatic rings. The zero-order valence-corrected chi connectivity index (χ0v) is 20.0. The lowest BCUT2D eigenvalue weighted by molar-refractivity contribution is 0.0697. The molecule has 0 aliphatic carbocycles. The first-order chi connectivity index (χ1) is 16.9. The van der Waals surface area contributed by atoms with E-state index >= 15 is 0 Å². The van der Waals surface area contributed by atoms with Gasteiger partial charge in [-0.25, -0.2) is 9.18 Å². The van der Waals surface area contributed by atoms with E-state index in [1.807, 2.05) is 47.6 Å². The molecule has 0 amide bonds. The molecular weight excluding hydrogens is 463 g/mol. The van der Waals surface area contributed by atoms with Crippen molar-refractivity contribution in [3.8, 4) is 5.69 Å². The van der Waals surface area contributed by atoms with Crippen LogP contribution in [0.25, 0.3) is 5.69 Å². The second-order valence-corrected chi connectivity index (χ2v) is 8.84. The summed E-state index contributed by atoms with van der Waals surface area (Å²) in [5.41, 5.74) is 5.14. The van der Waals surface area contributed by atoms with E-state index in [1.165, 1.54) is 12.1 Å². The average molecular weight is 487 g/mol. The van der Waals surface area contributed by atoms with Gasteiger partial charge >= 0.3 is 5.97 Å². The van der Waals surface area contributed by atoms with Crippen LogP contribution in [0.2, 0.25) is 0 Å². The monoisotopic (exact) mass is 486 g/mol. The summed E-state index contributed by atoms with van der Waals surface area (Å²) in [6, 6.07) is 20.4. The van der Waals surface area contributed by atoms with Crippen LogP contribution < -0.4 is 10.2 Å². The first kappa shape index (κ1) is 22.7. The number of pyridine rings is 1. The number of anilines is 1. The second kappa shape index (κ2) is 8.96. The molecule has 6 nitrogen and oxygen atoms in total. The van der Waals surface area contributed by atoms with Crippen LogP contribution in [0.3, 0.4) is 0 Å². The van der Waals surface area contributed by atoms with Gasteiger partial charge in [-0.15, -0.1) is 0 Å². The van der Waals surface area contributed by atoms with Gasteiger partial charge in [0.2, 0.25) is 0 Å². The van der Waals surface area contributed by atoms with Gasteiger partial charge in [-0.2, -0.15) is 0 Å². The summed E-state index contributed by atoms with van der Waals surface area (Å²) in [6.45, 7) is 3.93. The minimum absolute atomic E-state index is 0.220. The lowest BCUT2D eigenvalue weighted by atomic mass is 9.96. The molecule has 1 aliphatic heterocycles. The van der Waals surface area contributed by atoms with E-state index in [4.69, 9.17) is 12.2 Å². The van der Waals surface area contributed by atoms with Gasteiger partial charge in [-0.1, -0.05) is 18.2 Å². The number of aromatic carboxylic acids is 1. The number of para-hydroxylation sites is 1. The Morgan fingerprint density at radius 1 is 1.06 bits per heavy atom. The first-order valence-electron chi connectivity index (χ1n) is 11.1. The van der Waals surface area contributed by atoms with Crippen molar-refractivity contribution in [3.63, 3.8) is 0 Å². The molecule has 176 valence electrons. The summed E-state index contributed by atoms with van der Waals surface area (Å²) in [6.07, 6.45) is 1.74. The number of carboxylic acids is 1. The van der Waals surface area contributed by atoms with E-state index in [0.29, 0.717) is 10.8 Å². The van der Waals surface area contributed by atoms with E-state index in [1.54, 1.807) is 36.5 Å². The Morgan fingerprint density at radius 3 is 2.46 bits per heavy atom. The van der Waals surface area contributed by atoms with Gasteiger partial charge in [0.1, 0.15) is 5.82 Å². The van der Waals surface area contributed by atoms with E-state index in [-0.39, 0.29) is 23.5 Å². The molecule has 0 spiro atoms. The lowest BCUT2D eigenvalue weighted by Gasteiger charge is -2.28. The van der Waals surface area contributed by atoms with E-state index < -0.39 is 5.97 Å². The van der Waals surface area contributed by atoms with Crippen LogP contribution in [0.4, 0.5) is 10.1 Å². The van der Waals surface area contributed by atoms with Gasteiger partial charge in [-0.3, -0.25) is 4.98 Å². The highest BCUT2D eigenvalue weighted by atomic mass is 32.1. The van der Waals surface area contributed by atoms with Crippen LogP contribution >= 0.6 is 12.2 Å². The van der Waals surface area contributed by atoms with Crippen LogP contribution in [-0.2, 0) is 0 Å². The van der Waals surface area contributed by atoms with E-state index in [9.17, 15) is 14.3 Å². The number of rotatable bonds is 5. The fraction of sp³-hybridized carbons (Fsp3) is 0.148. The Morgan fingerprint density at radius 2 is 1.77 bits per heavy atom. The molecule has 0 bridgehead atoms. The minimum Gasteiger partial charge on any atom is -0.478 e. The Labute approximate surface area is 207 Å². The van der Waals surface area contributed by atoms with E-state index in [0.717, 1.165) is 28.3 Å². The van der Waals surface area contributed by atoms with Crippen molar-refractivity contribution >= 4 is 29.0 Å². The summed E-state index contributed by atoms with van der Waals surface area (Å²) >= 11 is 5.75. The third kappa shape index (κ3) is 3.95. The lowest BCUT2D eigenvalue weighted by Crippen LogP contribution is -2.29. The zero-order chi connectivity index (χ0) is 24.7. The molecule has 2 atom stereocenters. The van der Waals surface area contributed by atoms with Gasteiger partial charge < -0.3 is 19.9 Å². The van der Waals surface area contributed by atoms with Crippen LogP contribution in [0.5, 0.6) is 0 Å². The van der Waals surface area contributed by atoms with Crippen molar-refractivity contribution in [2.75, 3.05) is 4.90 Å². The van der Waals surface area contributed by atoms with Crippen molar-refractivity contribution in [1.29, 1.82) is 0 Å². The smallest absolute Gasteiger partial charge is 0.337 e. The molecule has 1 fully saturated rings. The molecule has 0 saturated carbocycles. The highest BCUT2D eigenvalue weighted by Crippen LogP contribution is 2.43. The SMILES string of the molecule is Cc1cc([C@H]2[C@H](c3ccccn3)NC(=S)N2c2ccc(F)cc2)c(C)n1-c1ccccc1C(=O)O. The molecule has 2 aromatic heterocycles. The second-order valence-electron chi connectivity index (χ2n) is 8.46. The summed E-state index contributed by atoms with van der Waals surface area (Å²) in [7, 11) is 0. The van der Waals surface area contributed by atoms with Crippen molar-refractivity contribution in [2.24, 2.45) is 0 Å². The number of hydrogen-bond donors (Lipinski definition) is 2. The number of nitrogens with one attached hydrogen (secondary N) is 1. The molecule has 5 rings (SSSR count). The molecule has 1 saturated heterocycles. The number of carboxylic acid groups (broad SMARTS) is 1. The number of aromatic nitrogens is 2. The van der Waals surface area contributed by atoms with Crippen LogP contribution in [-0.4, -0.2) is 25.7 Å². The number of aryl methyl sites for hydroxylation is 1. The number of carbonyl (C=O) groups is 1. The van der Waals surface area contributed by atoms with Gasteiger partial charge in [0.15, 0.2) is 5.11 Å². The van der Waals surface area contributed by atoms with Crippen molar-refractivity contribution in [2.45, 2.75) is 25.9 Å². The Hall–Kier alpha value is -4.04. The maximum Gasteiger partial charge on any atom is 0.337 e. The Kier molecular flexibility index (Phi) is 5.82. The number of halogens is 1. The van der Waals surface area contributed by atoms with Gasteiger partial charge in [0.05, 0.1) is 29.0 Å². The predicted octanol–water partition coefficient (Wildman–Crippen LogP) is 5.50. The third-order valence-corrected chi connectivity index (χ3v) is 6.68. The van der Waals surface area contributed by atoms with Crippen LogP contribution in [0, 0.1) is 19.7 Å². The Balaban J connectivity index is 1.70. The summed E-state index contributed by atoms with van der Waals surface area (Å²) in [4.78, 5) is 18.5. The standard InChI is InChI=1S/C27H23FN4O2S/c1-16-15-21(17(2)31(16)23-9-4-3-7-20(23)26(33)34)25-24(22-8-5-6-14-29-22)30-27(35)32(25)19-12-10-18(28)11-13-19/h3-15,24-25H,1-2H3,(H,30,35)(H,33,34)/t24-,25-/m0/s1. The fourth-order valence-electron chi connectivity index (χ4n) is 4.86. The third-order valence-electron chi connectivity index (χ3n) is 6.37. The number of thiocarbonyl (C=S) groups is 1. The summed E-state index contributed by atoms with van der Waals surface area (Å²) < 4.78 is 15.7. The largest absolute Gasteiger partial charge is 0.478 e. The normalized spacial score (nSPS) is 17.5. The first-order valence-corrected chi connectivity index (χ1v) is 11.6. The fourth-order valence-corrected chi connectivity index (χ4v) is 5.20. The molecular formula is C27H23FN4O2S. The molecule has 35 heavy (non-hydrogen) atoms. The molecule has 3 heterocycles. The maximum atomic E-state index is 13.7. The van der Waals surface area contributed by atoms with Gasteiger partial charge in [0, 0.05) is 23.3 Å². The molecule has 0 unspecified atom stereocenters. The molecule has 2 aromatic carbocycles. The maximum absolute atomic E-state index is 13.7. The number of benzene rings is 2. The summed E-state index contributed by atoms with van der Waals surface area (Å²) in [5, 5.41) is 13.7. The van der Waals surface area contributed by atoms with Crippen LogP contribution in [0.15, 0.2) is 79.0 Å². The average Bonchev–Trinajstić information content (AvgIpc) is 3.35. The van der Waals surface area contributed by atoms with Crippen molar-refractivity contribution in [1.82, 2.24) is 14.9 Å². The molecule has 2 N–H and O–H groups in total. The quantitative estimate of drug-likeness (QED) is 0.363. The minimum atomic E-state index is -0.988. The molecule has 1 aliphatic rings. The molecule has 0 radical (unpaired) electrons. The van der Waals surface area contributed by atoms with Gasteiger partial charge in [0.25, 0.3) is 0 Å². The highest BCUT2D eigenvalue weighted by molar-refractivity contribution is 7.80. The topological polar surface area (TPSA) is 70.4 Å².